The number of hydrogen-bond donors (Lipinski definition) is 1. The van der Waals surface area contributed by atoms with Gasteiger partial charge in [-0.3, -0.25) is 14.5 Å². The largest absolute Gasteiger partial charge is 0.463 e. The van der Waals surface area contributed by atoms with E-state index in [4.69, 9.17) is 18.9 Å². The van der Waals surface area contributed by atoms with Crippen molar-refractivity contribution < 1.29 is 33.6 Å². The van der Waals surface area contributed by atoms with Gasteiger partial charge in [0, 0.05) is 57.2 Å². The minimum absolute atomic E-state index is 0.0694. The zero-order chi connectivity index (χ0) is 33.9. The Labute approximate surface area is 273 Å². The number of esters is 1. The molecule has 45 heavy (non-hydrogen) atoms. The average molecular weight is 640 g/mol. The third kappa shape index (κ3) is 9.06. The van der Waals surface area contributed by atoms with Gasteiger partial charge in [0.15, 0.2) is 12.1 Å². The fourth-order valence-corrected chi connectivity index (χ4v) is 7.95. The number of cyclic esters (lactones) is 1. The molecule has 0 saturated carbocycles. The summed E-state index contributed by atoms with van der Waals surface area (Å²) in [6, 6.07) is -0.0962. The van der Waals surface area contributed by atoms with Crippen LogP contribution in [0.2, 0.25) is 0 Å². The molecule has 3 saturated heterocycles. The van der Waals surface area contributed by atoms with E-state index in [0.29, 0.717) is 24.7 Å². The number of carbonyl (C=O) groups is 2. The van der Waals surface area contributed by atoms with E-state index in [1.54, 1.807) is 27.9 Å². The number of rotatable bonds is 9. The molecule has 3 rings (SSSR count). The quantitative estimate of drug-likeness (QED) is 0.297. The highest BCUT2D eigenvalue weighted by Crippen LogP contribution is 2.39. The van der Waals surface area contributed by atoms with Crippen molar-refractivity contribution in [2.24, 2.45) is 29.1 Å². The lowest BCUT2D eigenvalue weighted by atomic mass is 9.74. The number of Topliss-reactive ketones (excluding diaryl/α,β-unsaturated/α-hetero) is 1. The lowest BCUT2D eigenvalue weighted by Gasteiger charge is -2.48. The van der Waals surface area contributed by atoms with Crippen molar-refractivity contribution >= 4 is 11.8 Å². The fraction of sp³-hybridized carbons (Fsp3) is 0.943. The molecule has 0 aliphatic carbocycles. The number of likely N-dealkylation sites (tertiary alicyclic amines) is 1. The third-order valence-corrected chi connectivity index (χ3v) is 10.4. The Hall–Kier alpha value is -1.14. The number of carbonyl (C=O) groups excluding carboxylic acids is 2. The summed E-state index contributed by atoms with van der Waals surface area (Å²) in [6.45, 7) is 22.9. The maximum absolute atomic E-state index is 14.3. The van der Waals surface area contributed by atoms with Gasteiger partial charge >= 0.3 is 5.97 Å². The number of aliphatic hydroxyl groups excluding tert-OH is 1. The summed E-state index contributed by atoms with van der Waals surface area (Å²) in [5.41, 5.74) is -2.30. The molecular formula is C35H65N3O7. The number of hydrogen-bond acceptors (Lipinski definition) is 10. The molecule has 3 heterocycles. The normalized spacial score (nSPS) is 38.4. The topological polar surface area (TPSA) is 101 Å². The Morgan fingerprint density at radius 1 is 1.09 bits per heavy atom. The van der Waals surface area contributed by atoms with E-state index in [2.05, 4.69) is 37.5 Å². The van der Waals surface area contributed by atoms with Gasteiger partial charge in [-0.15, -0.1) is 0 Å². The molecule has 1 N–H and O–H groups in total. The summed E-state index contributed by atoms with van der Waals surface area (Å²) in [5.74, 6) is -0.360. The van der Waals surface area contributed by atoms with Crippen molar-refractivity contribution in [1.82, 2.24) is 14.7 Å². The van der Waals surface area contributed by atoms with Gasteiger partial charge in [-0.1, -0.05) is 34.6 Å². The minimum Gasteiger partial charge on any atom is -0.463 e. The number of nitrogens with zero attached hydrogens (tertiary/aromatic N) is 3. The van der Waals surface area contributed by atoms with Crippen LogP contribution in [-0.2, 0) is 28.5 Å². The summed E-state index contributed by atoms with van der Waals surface area (Å²) < 4.78 is 25.2. The SMILES string of the molecule is CCCN1C[C@H](C)C[C@@](C)(OC)[C@H](O[C@@H]2O[C@H](C)C[C@H](N(C)C)[C@H]2O)[C@@H](C)C(=O)C(C)(C)C(=O)OC[C@H]1C1CN(CC(C)C)C1. The summed E-state index contributed by atoms with van der Waals surface area (Å²) in [4.78, 5) is 35.0. The third-order valence-electron chi connectivity index (χ3n) is 10.4. The van der Waals surface area contributed by atoms with Gasteiger partial charge in [-0.25, -0.2) is 0 Å². The predicted molar refractivity (Wildman–Crippen MR) is 176 cm³/mol. The first-order valence-corrected chi connectivity index (χ1v) is 17.3. The zero-order valence-corrected chi connectivity index (χ0v) is 30.4. The molecule has 0 aromatic carbocycles. The van der Waals surface area contributed by atoms with E-state index in [1.807, 2.05) is 32.8 Å². The Bertz CT molecular complexity index is 971. The average Bonchev–Trinajstić information content (AvgIpc) is 2.93. The first-order valence-electron chi connectivity index (χ1n) is 17.3. The fourth-order valence-electron chi connectivity index (χ4n) is 7.95. The van der Waals surface area contributed by atoms with Crippen LogP contribution in [0.15, 0.2) is 0 Å². The molecule has 0 bridgehead atoms. The Kier molecular flexibility index (Phi) is 13.5. The molecule has 262 valence electrons. The van der Waals surface area contributed by atoms with E-state index in [1.165, 1.54) is 0 Å². The van der Waals surface area contributed by atoms with E-state index >= 15 is 0 Å². The molecule has 0 aromatic heterocycles. The van der Waals surface area contributed by atoms with Crippen LogP contribution in [-0.4, -0.2) is 134 Å². The van der Waals surface area contributed by atoms with Gasteiger partial charge in [0.05, 0.1) is 17.8 Å². The van der Waals surface area contributed by atoms with E-state index < -0.39 is 41.4 Å². The molecule has 0 amide bonds. The summed E-state index contributed by atoms with van der Waals surface area (Å²) in [5, 5.41) is 11.4. The van der Waals surface area contributed by atoms with Crippen molar-refractivity contribution in [3.8, 4) is 0 Å². The monoisotopic (exact) mass is 639 g/mol. The molecule has 3 aliphatic heterocycles. The number of methoxy groups -OCH3 is 1. The second-order valence-electron chi connectivity index (χ2n) is 15.8. The summed E-state index contributed by atoms with van der Waals surface area (Å²) in [6.07, 6.45) is -0.542. The van der Waals surface area contributed by atoms with E-state index in [9.17, 15) is 14.7 Å². The lowest BCUT2D eigenvalue weighted by molar-refractivity contribution is -0.295. The smallest absolute Gasteiger partial charge is 0.319 e. The highest BCUT2D eigenvalue weighted by molar-refractivity contribution is 6.04. The highest BCUT2D eigenvalue weighted by Gasteiger charge is 2.52. The Morgan fingerprint density at radius 2 is 1.73 bits per heavy atom. The Balaban J connectivity index is 1.99. The number of ketones is 1. The predicted octanol–water partition coefficient (Wildman–Crippen LogP) is 3.69. The molecule has 0 spiro atoms. The molecule has 0 radical (unpaired) electrons. The van der Waals surface area contributed by atoms with Crippen LogP contribution in [0, 0.1) is 29.1 Å². The molecule has 10 heteroatoms. The molecule has 3 fully saturated rings. The molecule has 9 atom stereocenters. The molecule has 0 unspecified atom stereocenters. The van der Waals surface area contributed by atoms with Crippen molar-refractivity contribution in [3.63, 3.8) is 0 Å². The van der Waals surface area contributed by atoms with E-state index in [-0.39, 0.29) is 36.5 Å². The van der Waals surface area contributed by atoms with Crippen LogP contribution in [0.25, 0.3) is 0 Å². The van der Waals surface area contributed by atoms with Crippen LogP contribution in [0.3, 0.4) is 0 Å². The maximum atomic E-state index is 14.3. The first kappa shape index (κ1) is 38.3. The molecular weight excluding hydrogens is 574 g/mol. The van der Waals surface area contributed by atoms with Crippen LogP contribution in [0.1, 0.15) is 81.6 Å². The minimum atomic E-state index is -1.40. The summed E-state index contributed by atoms with van der Waals surface area (Å²) >= 11 is 0. The summed E-state index contributed by atoms with van der Waals surface area (Å²) in [7, 11) is 5.53. The van der Waals surface area contributed by atoms with Gasteiger partial charge in [0.25, 0.3) is 0 Å². The number of aliphatic hydroxyl groups is 1. The maximum Gasteiger partial charge on any atom is 0.319 e. The first-order chi connectivity index (χ1) is 20.9. The van der Waals surface area contributed by atoms with Crippen molar-refractivity contribution in [3.05, 3.63) is 0 Å². The van der Waals surface area contributed by atoms with Crippen LogP contribution < -0.4 is 0 Å². The number of likely N-dealkylation sites (N-methyl/N-ethyl adjacent to an activating group) is 1. The van der Waals surface area contributed by atoms with Gasteiger partial charge in [-0.2, -0.15) is 0 Å². The van der Waals surface area contributed by atoms with Gasteiger partial charge in [-0.05, 0) is 79.4 Å². The lowest BCUT2D eigenvalue weighted by Crippen LogP contribution is -2.60. The van der Waals surface area contributed by atoms with Gasteiger partial charge in [0.2, 0.25) is 0 Å². The second kappa shape index (κ2) is 15.8. The molecule has 3 aliphatic rings. The van der Waals surface area contributed by atoms with Crippen LogP contribution in [0.4, 0.5) is 0 Å². The van der Waals surface area contributed by atoms with Crippen LogP contribution in [0.5, 0.6) is 0 Å². The van der Waals surface area contributed by atoms with Crippen molar-refractivity contribution in [2.75, 3.05) is 60.5 Å². The standard InChI is InChI=1S/C35H65N3O7/c1-13-14-38-18-23(4)16-35(9,42-12)31(45-32-29(39)27(36(10)11)15-24(5)44-32)25(6)30(40)34(7,8)33(41)43-21-28(38)26-19-37(20-26)17-22(2)3/h22-29,31-32,39H,13-21H2,1-12H3/t23-,24-,25+,27+,28+,29-,31-,32+,35-/m1/s1. The van der Waals surface area contributed by atoms with E-state index in [0.717, 1.165) is 39.1 Å². The van der Waals surface area contributed by atoms with Crippen molar-refractivity contribution in [2.45, 2.75) is 124 Å². The van der Waals surface area contributed by atoms with Crippen molar-refractivity contribution in [1.29, 1.82) is 0 Å². The Morgan fingerprint density at radius 3 is 2.29 bits per heavy atom. The molecule has 10 nitrogen and oxygen atoms in total. The van der Waals surface area contributed by atoms with Gasteiger partial charge < -0.3 is 33.9 Å². The highest BCUT2D eigenvalue weighted by atomic mass is 16.7. The number of ether oxygens (including phenoxy) is 4. The molecule has 0 aromatic rings. The van der Waals surface area contributed by atoms with Gasteiger partial charge in [0.1, 0.15) is 18.1 Å². The second-order valence-corrected chi connectivity index (χ2v) is 15.8. The zero-order valence-electron chi connectivity index (χ0n) is 30.4. The van der Waals surface area contributed by atoms with Crippen LogP contribution >= 0.6 is 0 Å².